The number of carbonyl (C=O) groups is 1. The zero-order chi connectivity index (χ0) is 11.4. The fraction of sp³-hybridized carbons (Fsp3) is 0.917. The van der Waals surface area contributed by atoms with Crippen molar-refractivity contribution in [3.63, 3.8) is 0 Å². The van der Waals surface area contributed by atoms with Crippen LogP contribution in [0.25, 0.3) is 0 Å². The number of fused-ring (bicyclic) bond motifs is 1. The summed E-state index contributed by atoms with van der Waals surface area (Å²) in [5.74, 6) is 0.793. The van der Waals surface area contributed by atoms with Gasteiger partial charge in [-0.3, -0.25) is 4.79 Å². The van der Waals surface area contributed by atoms with Gasteiger partial charge in [0.05, 0.1) is 19.8 Å². The third kappa shape index (κ3) is 2.55. The Morgan fingerprint density at radius 3 is 3.06 bits per heavy atom. The molecule has 0 radical (unpaired) electrons. The maximum absolute atomic E-state index is 12.0. The van der Waals surface area contributed by atoms with E-state index in [-0.39, 0.29) is 5.91 Å². The molecule has 0 aromatic heterocycles. The molecule has 2 rings (SSSR count). The van der Waals surface area contributed by atoms with Crippen molar-refractivity contribution >= 4 is 5.91 Å². The number of hydrogen-bond acceptors (Lipinski definition) is 3. The van der Waals surface area contributed by atoms with Gasteiger partial charge >= 0.3 is 0 Å². The van der Waals surface area contributed by atoms with Crippen LogP contribution >= 0.6 is 0 Å². The first-order valence-corrected chi connectivity index (χ1v) is 6.34. The van der Waals surface area contributed by atoms with Crippen LogP contribution in [0.4, 0.5) is 0 Å². The zero-order valence-corrected chi connectivity index (χ0v) is 10.1. The lowest BCUT2D eigenvalue weighted by Gasteiger charge is -2.37. The molecule has 0 aromatic rings. The molecule has 1 amide bonds. The fourth-order valence-electron chi connectivity index (χ4n) is 2.92. The molecule has 1 heterocycles. The summed E-state index contributed by atoms with van der Waals surface area (Å²) in [4.78, 5) is 14.1. The fourth-order valence-corrected chi connectivity index (χ4v) is 2.92. The Morgan fingerprint density at radius 2 is 2.25 bits per heavy atom. The highest BCUT2D eigenvalue weighted by Crippen LogP contribution is 2.30. The first-order chi connectivity index (χ1) is 7.83. The van der Waals surface area contributed by atoms with Gasteiger partial charge in [-0.15, -0.1) is 0 Å². The number of nitrogens with zero attached hydrogens (tertiary/aromatic N) is 1. The molecule has 16 heavy (non-hydrogen) atoms. The van der Waals surface area contributed by atoms with E-state index >= 15 is 0 Å². The van der Waals surface area contributed by atoms with Crippen LogP contribution < -0.4 is 5.32 Å². The number of likely N-dealkylation sites (N-methyl/N-ethyl adjacent to an activating group) is 1. The normalized spacial score (nSPS) is 30.7. The summed E-state index contributed by atoms with van der Waals surface area (Å²) in [5.41, 5.74) is 0. The van der Waals surface area contributed by atoms with E-state index in [1.165, 1.54) is 19.3 Å². The van der Waals surface area contributed by atoms with Crippen LogP contribution in [0, 0.1) is 5.92 Å². The van der Waals surface area contributed by atoms with Crippen LogP contribution in [0.15, 0.2) is 0 Å². The molecule has 0 spiro atoms. The molecule has 4 nitrogen and oxygen atoms in total. The molecule has 0 aromatic carbocycles. The van der Waals surface area contributed by atoms with Crippen LogP contribution in [-0.4, -0.2) is 50.2 Å². The van der Waals surface area contributed by atoms with Crippen molar-refractivity contribution in [2.75, 3.05) is 33.4 Å². The van der Waals surface area contributed by atoms with Crippen molar-refractivity contribution in [2.24, 2.45) is 5.92 Å². The Bertz CT molecular complexity index is 245. The van der Waals surface area contributed by atoms with E-state index in [0.717, 1.165) is 19.6 Å². The number of rotatable bonds is 2. The summed E-state index contributed by atoms with van der Waals surface area (Å²) in [7, 11) is 1.82. The van der Waals surface area contributed by atoms with E-state index in [2.05, 4.69) is 5.32 Å². The Labute approximate surface area is 97.3 Å². The lowest BCUT2D eigenvalue weighted by Crippen LogP contribution is -2.48. The molecular formula is C12H22N2O2. The number of carbonyl (C=O) groups excluding carboxylic acids is 1. The van der Waals surface area contributed by atoms with E-state index in [4.69, 9.17) is 4.74 Å². The number of nitrogens with one attached hydrogen (secondary N) is 1. The molecule has 1 saturated heterocycles. The molecule has 92 valence electrons. The molecule has 1 aliphatic carbocycles. The highest BCUT2D eigenvalue weighted by Gasteiger charge is 2.34. The van der Waals surface area contributed by atoms with E-state index in [1.54, 1.807) is 0 Å². The summed E-state index contributed by atoms with van der Waals surface area (Å²) in [6.45, 7) is 2.75. The third-order valence-electron chi connectivity index (χ3n) is 3.73. The highest BCUT2D eigenvalue weighted by molar-refractivity contribution is 5.78. The quantitative estimate of drug-likeness (QED) is 0.750. The standard InChI is InChI=1S/C12H22N2O2/c1-13-8-12(15)14-6-7-16-9-10-4-2-3-5-11(10)14/h10-11,13H,2-9H2,1H3/t10-,11-/m1/s1. The summed E-state index contributed by atoms with van der Waals surface area (Å²) < 4.78 is 5.61. The molecule has 1 saturated carbocycles. The van der Waals surface area contributed by atoms with Crippen molar-refractivity contribution in [2.45, 2.75) is 31.7 Å². The predicted molar refractivity (Wildman–Crippen MR) is 62.2 cm³/mol. The van der Waals surface area contributed by atoms with Crippen LogP contribution in [0.1, 0.15) is 25.7 Å². The van der Waals surface area contributed by atoms with Crippen molar-refractivity contribution < 1.29 is 9.53 Å². The van der Waals surface area contributed by atoms with Gasteiger partial charge in [0.2, 0.25) is 5.91 Å². The second-order valence-corrected chi connectivity index (χ2v) is 4.80. The lowest BCUT2D eigenvalue weighted by molar-refractivity contribution is -0.133. The van der Waals surface area contributed by atoms with Crippen molar-refractivity contribution in [3.8, 4) is 0 Å². The average molecular weight is 226 g/mol. The third-order valence-corrected chi connectivity index (χ3v) is 3.73. The SMILES string of the molecule is CNCC(=O)N1CCOC[C@H]2CCCC[C@H]21. The topological polar surface area (TPSA) is 41.6 Å². The first kappa shape index (κ1) is 11.9. The average Bonchev–Trinajstić information content (AvgIpc) is 2.51. The summed E-state index contributed by atoms with van der Waals surface area (Å²) in [6.07, 6.45) is 4.92. The number of amides is 1. The lowest BCUT2D eigenvalue weighted by atomic mass is 9.84. The van der Waals surface area contributed by atoms with E-state index in [0.29, 0.717) is 25.1 Å². The van der Waals surface area contributed by atoms with Gasteiger partial charge in [0.15, 0.2) is 0 Å². The molecule has 1 N–H and O–H groups in total. The molecule has 2 fully saturated rings. The van der Waals surface area contributed by atoms with Crippen LogP contribution in [-0.2, 0) is 9.53 Å². The monoisotopic (exact) mass is 226 g/mol. The van der Waals surface area contributed by atoms with Crippen LogP contribution in [0.3, 0.4) is 0 Å². The maximum atomic E-state index is 12.0. The van der Waals surface area contributed by atoms with Gasteiger partial charge < -0.3 is 15.0 Å². The van der Waals surface area contributed by atoms with Crippen LogP contribution in [0.5, 0.6) is 0 Å². The van der Waals surface area contributed by atoms with Gasteiger partial charge in [0, 0.05) is 18.5 Å². The van der Waals surface area contributed by atoms with Crippen molar-refractivity contribution in [1.82, 2.24) is 10.2 Å². The minimum absolute atomic E-state index is 0.227. The number of ether oxygens (including phenoxy) is 1. The molecule has 2 aliphatic rings. The van der Waals surface area contributed by atoms with Crippen molar-refractivity contribution in [3.05, 3.63) is 0 Å². The molecule has 2 atom stereocenters. The van der Waals surface area contributed by atoms with Gasteiger partial charge in [0.1, 0.15) is 0 Å². The minimum Gasteiger partial charge on any atom is -0.379 e. The van der Waals surface area contributed by atoms with Crippen LogP contribution in [0.2, 0.25) is 0 Å². The highest BCUT2D eigenvalue weighted by atomic mass is 16.5. The van der Waals surface area contributed by atoms with Gasteiger partial charge in [-0.25, -0.2) is 0 Å². The Kier molecular flexibility index (Phi) is 4.18. The molecule has 1 aliphatic heterocycles. The molecule has 0 unspecified atom stereocenters. The summed E-state index contributed by atoms with van der Waals surface area (Å²) in [6, 6.07) is 0.428. The second-order valence-electron chi connectivity index (χ2n) is 4.80. The maximum Gasteiger partial charge on any atom is 0.236 e. The van der Waals surface area contributed by atoms with Gasteiger partial charge in [-0.2, -0.15) is 0 Å². The smallest absolute Gasteiger partial charge is 0.236 e. The summed E-state index contributed by atoms with van der Waals surface area (Å²) in [5, 5.41) is 2.95. The second kappa shape index (κ2) is 5.64. The predicted octanol–water partition coefficient (Wildman–Crippen LogP) is 0.623. The Hall–Kier alpha value is -0.610. The first-order valence-electron chi connectivity index (χ1n) is 6.34. The molecule has 0 bridgehead atoms. The van der Waals surface area contributed by atoms with Gasteiger partial charge in [-0.05, 0) is 19.9 Å². The Balaban J connectivity index is 2.05. The molecule has 4 heteroatoms. The Morgan fingerprint density at radius 1 is 1.44 bits per heavy atom. The summed E-state index contributed by atoms with van der Waals surface area (Å²) >= 11 is 0. The molecular weight excluding hydrogens is 204 g/mol. The van der Waals surface area contributed by atoms with E-state index in [1.807, 2.05) is 11.9 Å². The van der Waals surface area contributed by atoms with E-state index in [9.17, 15) is 4.79 Å². The minimum atomic E-state index is 0.227. The van der Waals surface area contributed by atoms with Gasteiger partial charge in [0.25, 0.3) is 0 Å². The van der Waals surface area contributed by atoms with Crippen molar-refractivity contribution in [1.29, 1.82) is 0 Å². The van der Waals surface area contributed by atoms with Gasteiger partial charge in [-0.1, -0.05) is 12.8 Å². The number of hydrogen-bond donors (Lipinski definition) is 1. The largest absolute Gasteiger partial charge is 0.379 e. The zero-order valence-electron chi connectivity index (χ0n) is 10.1. The van der Waals surface area contributed by atoms with E-state index < -0.39 is 0 Å².